The lowest BCUT2D eigenvalue weighted by Gasteiger charge is -2.15. The highest BCUT2D eigenvalue weighted by Gasteiger charge is 2.15. The molecule has 1 heterocycles. The highest BCUT2D eigenvalue weighted by molar-refractivity contribution is 7.88. The molecule has 0 aliphatic carbocycles. The van der Waals surface area contributed by atoms with E-state index in [0.717, 1.165) is 6.54 Å². The smallest absolute Gasteiger partial charge is 0.208 e. The fraction of sp³-hybridized carbons (Fsp3) is 0.667. The molecular formula is C12H22N2O2S2. The molecule has 2 N–H and O–H groups in total. The van der Waals surface area contributed by atoms with Gasteiger partial charge in [0.25, 0.3) is 0 Å². The minimum absolute atomic E-state index is 0.195. The van der Waals surface area contributed by atoms with E-state index in [1.807, 2.05) is 0 Å². The summed E-state index contributed by atoms with van der Waals surface area (Å²) in [6.07, 6.45) is 1.17. The largest absolute Gasteiger partial charge is 0.311 e. The summed E-state index contributed by atoms with van der Waals surface area (Å²) in [7, 11) is -3.07. The van der Waals surface area contributed by atoms with Crippen LogP contribution in [0.5, 0.6) is 0 Å². The Morgan fingerprint density at radius 1 is 1.22 bits per heavy atom. The van der Waals surface area contributed by atoms with Gasteiger partial charge in [0.2, 0.25) is 10.0 Å². The summed E-state index contributed by atoms with van der Waals surface area (Å²) < 4.78 is 24.1. The van der Waals surface area contributed by atoms with Crippen molar-refractivity contribution in [2.45, 2.75) is 32.7 Å². The highest BCUT2D eigenvalue weighted by atomic mass is 32.2. The molecule has 0 amide bonds. The van der Waals surface area contributed by atoms with Gasteiger partial charge in [-0.3, -0.25) is 0 Å². The molecule has 0 radical (unpaired) electrons. The van der Waals surface area contributed by atoms with Crippen LogP contribution < -0.4 is 10.0 Å². The Balaban J connectivity index is 2.30. The van der Waals surface area contributed by atoms with Crippen molar-refractivity contribution in [3.05, 3.63) is 21.9 Å². The molecule has 1 aromatic heterocycles. The third-order valence-electron chi connectivity index (χ3n) is 2.37. The van der Waals surface area contributed by atoms with E-state index in [9.17, 15) is 8.42 Å². The van der Waals surface area contributed by atoms with Gasteiger partial charge in [0.15, 0.2) is 0 Å². The lowest BCUT2D eigenvalue weighted by Crippen LogP contribution is -2.30. The summed E-state index contributed by atoms with van der Waals surface area (Å²) in [6, 6.07) is 4.29. The molecule has 0 saturated heterocycles. The molecule has 0 spiro atoms. The van der Waals surface area contributed by atoms with E-state index < -0.39 is 10.0 Å². The summed E-state index contributed by atoms with van der Waals surface area (Å²) in [5.74, 6) is 0. The molecule has 0 bridgehead atoms. The van der Waals surface area contributed by atoms with Crippen LogP contribution in [0.3, 0.4) is 0 Å². The van der Waals surface area contributed by atoms with Crippen LogP contribution in [0.15, 0.2) is 12.1 Å². The first kappa shape index (κ1) is 15.6. The summed E-state index contributed by atoms with van der Waals surface area (Å²) >= 11 is 1.80. The van der Waals surface area contributed by atoms with E-state index in [1.165, 1.54) is 16.0 Å². The van der Waals surface area contributed by atoms with E-state index in [4.69, 9.17) is 0 Å². The van der Waals surface area contributed by atoms with Crippen LogP contribution in [0.25, 0.3) is 0 Å². The number of nitrogens with one attached hydrogen (secondary N) is 2. The van der Waals surface area contributed by atoms with Gasteiger partial charge in [0.05, 0.1) is 6.26 Å². The van der Waals surface area contributed by atoms with Crippen molar-refractivity contribution in [3.63, 3.8) is 0 Å². The number of sulfonamides is 1. The standard InChI is InChI=1S/C12H22N2O2S2/c1-12(2,3)11-6-5-10(17-11)9-13-7-8-14-18(4,15)16/h5-6,13-14H,7-9H2,1-4H3. The summed E-state index contributed by atoms with van der Waals surface area (Å²) in [6.45, 7) is 8.45. The van der Waals surface area contributed by atoms with Gasteiger partial charge in [-0.25, -0.2) is 13.1 Å². The van der Waals surface area contributed by atoms with Crippen LogP contribution in [-0.4, -0.2) is 27.8 Å². The van der Waals surface area contributed by atoms with Crippen LogP contribution in [-0.2, 0) is 22.0 Å². The Kier molecular flexibility index (Phi) is 5.33. The van der Waals surface area contributed by atoms with Gasteiger partial charge < -0.3 is 5.32 Å². The molecule has 104 valence electrons. The van der Waals surface area contributed by atoms with Crippen LogP contribution >= 0.6 is 11.3 Å². The lowest BCUT2D eigenvalue weighted by atomic mass is 9.95. The normalized spacial score (nSPS) is 12.9. The molecule has 0 aliphatic heterocycles. The molecule has 18 heavy (non-hydrogen) atoms. The molecule has 4 nitrogen and oxygen atoms in total. The van der Waals surface area contributed by atoms with E-state index in [1.54, 1.807) is 11.3 Å². The number of thiophene rings is 1. The first-order chi connectivity index (χ1) is 8.18. The molecule has 0 aromatic carbocycles. The third kappa shape index (κ3) is 5.95. The van der Waals surface area contributed by atoms with E-state index in [0.29, 0.717) is 13.1 Å². The SMILES string of the molecule is CC(C)(C)c1ccc(CNCCNS(C)(=O)=O)s1. The summed E-state index contributed by atoms with van der Waals surface area (Å²) in [5.41, 5.74) is 0.195. The fourth-order valence-electron chi connectivity index (χ4n) is 1.41. The minimum atomic E-state index is -3.07. The van der Waals surface area contributed by atoms with Gasteiger partial charge in [0.1, 0.15) is 0 Å². The van der Waals surface area contributed by atoms with Gasteiger partial charge in [-0.05, 0) is 17.5 Å². The van der Waals surface area contributed by atoms with Crippen LogP contribution in [0.4, 0.5) is 0 Å². The van der Waals surface area contributed by atoms with Crippen molar-refractivity contribution in [2.24, 2.45) is 0 Å². The predicted octanol–water partition coefficient (Wildman–Crippen LogP) is 1.68. The average Bonchev–Trinajstić information content (AvgIpc) is 2.63. The van der Waals surface area contributed by atoms with Crippen molar-refractivity contribution < 1.29 is 8.42 Å². The van der Waals surface area contributed by atoms with Crippen molar-refractivity contribution in [1.82, 2.24) is 10.0 Å². The van der Waals surface area contributed by atoms with Gasteiger partial charge in [0, 0.05) is 29.4 Å². The topological polar surface area (TPSA) is 58.2 Å². The molecular weight excluding hydrogens is 268 g/mol. The van der Waals surface area contributed by atoms with Crippen molar-refractivity contribution in [2.75, 3.05) is 19.3 Å². The first-order valence-electron chi connectivity index (χ1n) is 5.93. The quantitative estimate of drug-likeness (QED) is 0.784. The van der Waals surface area contributed by atoms with E-state index >= 15 is 0 Å². The second-order valence-corrected chi connectivity index (χ2v) is 8.36. The molecule has 1 aromatic rings. The molecule has 1 rings (SSSR count). The molecule has 0 unspecified atom stereocenters. The zero-order chi connectivity index (χ0) is 13.8. The zero-order valence-electron chi connectivity index (χ0n) is 11.4. The van der Waals surface area contributed by atoms with Gasteiger partial charge in [-0.15, -0.1) is 11.3 Å². The molecule has 0 atom stereocenters. The molecule has 0 fully saturated rings. The van der Waals surface area contributed by atoms with E-state index in [2.05, 4.69) is 42.9 Å². The number of hydrogen-bond donors (Lipinski definition) is 2. The Hall–Kier alpha value is -0.430. The van der Waals surface area contributed by atoms with Gasteiger partial charge >= 0.3 is 0 Å². The molecule has 0 aliphatic rings. The predicted molar refractivity (Wildman–Crippen MR) is 77.6 cm³/mol. The first-order valence-corrected chi connectivity index (χ1v) is 8.64. The molecule has 6 heteroatoms. The summed E-state index contributed by atoms with van der Waals surface area (Å²) in [4.78, 5) is 2.65. The number of hydrogen-bond acceptors (Lipinski definition) is 4. The van der Waals surface area contributed by atoms with Crippen molar-refractivity contribution >= 4 is 21.4 Å². The second-order valence-electron chi connectivity index (χ2n) is 5.36. The Labute approximate surface area is 114 Å². The Morgan fingerprint density at radius 3 is 2.39 bits per heavy atom. The zero-order valence-corrected chi connectivity index (χ0v) is 13.0. The van der Waals surface area contributed by atoms with Crippen molar-refractivity contribution in [3.8, 4) is 0 Å². The maximum atomic E-state index is 10.8. The maximum Gasteiger partial charge on any atom is 0.208 e. The molecule has 0 saturated carbocycles. The maximum absolute atomic E-state index is 10.8. The van der Waals surface area contributed by atoms with Crippen LogP contribution in [0.2, 0.25) is 0 Å². The monoisotopic (exact) mass is 290 g/mol. The number of rotatable bonds is 6. The average molecular weight is 290 g/mol. The van der Waals surface area contributed by atoms with Crippen molar-refractivity contribution in [1.29, 1.82) is 0 Å². The van der Waals surface area contributed by atoms with Gasteiger partial charge in [-0.2, -0.15) is 0 Å². The Bertz CT molecular complexity index is 473. The fourth-order valence-corrected chi connectivity index (χ4v) is 2.92. The lowest BCUT2D eigenvalue weighted by molar-refractivity contribution is 0.582. The van der Waals surface area contributed by atoms with E-state index in [-0.39, 0.29) is 5.41 Å². The minimum Gasteiger partial charge on any atom is -0.311 e. The van der Waals surface area contributed by atoms with Crippen LogP contribution in [0, 0.1) is 0 Å². The summed E-state index contributed by atoms with van der Waals surface area (Å²) in [5, 5.41) is 3.22. The second kappa shape index (κ2) is 6.14. The van der Waals surface area contributed by atoms with Crippen LogP contribution in [0.1, 0.15) is 30.5 Å². The highest BCUT2D eigenvalue weighted by Crippen LogP contribution is 2.29. The third-order valence-corrected chi connectivity index (χ3v) is 4.61. The Morgan fingerprint density at radius 2 is 1.89 bits per heavy atom. The van der Waals surface area contributed by atoms with Gasteiger partial charge in [-0.1, -0.05) is 20.8 Å².